The molecule has 6 nitrogen and oxygen atoms in total. The molecule has 2 heterocycles. The smallest absolute Gasteiger partial charge is 0.222 e. The molecule has 0 saturated carbocycles. The summed E-state index contributed by atoms with van der Waals surface area (Å²) in [6.45, 7) is 5.58. The van der Waals surface area contributed by atoms with E-state index in [1.54, 1.807) is 6.92 Å². The molecule has 3 rings (SSSR count). The molecule has 3 aromatic rings. The van der Waals surface area contributed by atoms with Crippen molar-refractivity contribution in [2.75, 3.05) is 0 Å². The van der Waals surface area contributed by atoms with E-state index >= 15 is 0 Å². The van der Waals surface area contributed by atoms with Crippen molar-refractivity contribution in [2.24, 2.45) is 0 Å². The Balaban J connectivity index is 1.59. The van der Waals surface area contributed by atoms with Crippen LogP contribution < -0.4 is 4.74 Å². The minimum Gasteiger partial charge on any atom is -0.439 e. The monoisotopic (exact) mass is 404 g/mol. The highest BCUT2D eigenvalue weighted by Crippen LogP contribution is 2.21. The maximum absolute atomic E-state index is 11.1. The summed E-state index contributed by atoms with van der Waals surface area (Å²) in [6.07, 6.45) is 8.51. The SMILES string of the molecule is CCc1cnc(CCc2cc(Oc3ccc(CCCC(C)=O)cc3)nc(C)n2)nc1. The fourth-order valence-corrected chi connectivity index (χ4v) is 3.10. The molecular formula is C24H28N4O2. The summed E-state index contributed by atoms with van der Waals surface area (Å²) < 4.78 is 5.94. The summed E-state index contributed by atoms with van der Waals surface area (Å²) in [5.41, 5.74) is 3.23. The third kappa shape index (κ3) is 6.72. The predicted octanol–water partition coefficient (Wildman–Crippen LogP) is 4.63. The zero-order chi connectivity index (χ0) is 21.3. The first-order valence-electron chi connectivity index (χ1n) is 10.4. The van der Waals surface area contributed by atoms with Crippen LogP contribution in [0.15, 0.2) is 42.7 Å². The van der Waals surface area contributed by atoms with Gasteiger partial charge in [0, 0.05) is 37.0 Å². The lowest BCUT2D eigenvalue weighted by Gasteiger charge is -2.09. The molecule has 1 aromatic carbocycles. The number of rotatable bonds is 10. The molecule has 0 atom stereocenters. The standard InChI is InChI=1S/C24H28N4O2/c1-4-19-15-25-23(26-16-19)13-10-21-14-24(28-18(3)27-21)30-22-11-8-20(9-12-22)7-5-6-17(2)29/h8-9,11-12,14-16H,4-7,10,13H2,1-3H3. The van der Waals surface area contributed by atoms with Crippen LogP contribution in [0.3, 0.4) is 0 Å². The molecule has 30 heavy (non-hydrogen) atoms. The van der Waals surface area contributed by atoms with Crippen LogP contribution in [0.25, 0.3) is 0 Å². The average molecular weight is 405 g/mol. The maximum atomic E-state index is 11.1. The fourth-order valence-electron chi connectivity index (χ4n) is 3.10. The van der Waals surface area contributed by atoms with Crippen molar-refractivity contribution in [1.82, 2.24) is 19.9 Å². The van der Waals surface area contributed by atoms with Crippen LogP contribution in [0.1, 0.15) is 55.2 Å². The Morgan fingerprint density at radius 1 is 0.967 bits per heavy atom. The van der Waals surface area contributed by atoms with Gasteiger partial charge >= 0.3 is 0 Å². The van der Waals surface area contributed by atoms with Gasteiger partial charge in [0.15, 0.2) is 0 Å². The summed E-state index contributed by atoms with van der Waals surface area (Å²) in [5.74, 6) is 2.98. The normalized spacial score (nSPS) is 10.8. The van der Waals surface area contributed by atoms with Crippen LogP contribution in [-0.2, 0) is 30.5 Å². The zero-order valence-electron chi connectivity index (χ0n) is 17.9. The molecule has 2 aromatic heterocycles. The average Bonchev–Trinajstić information content (AvgIpc) is 2.73. The first-order valence-corrected chi connectivity index (χ1v) is 10.4. The van der Waals surface area contributed by atoms with Gasteiger partial charge in [-0.25, -0.2) is 15.0 Å². The largest absolute Gasteiger partial charge is 0.439 e. The number of benzene rings is 1. The number of carbonyl (C=O) groups is 1. The van der Waals surface area contributed by atoms with Gasteiger partial charge in [-0.3, -0.25) is 0 Å². The molecule has 0 unspecified atom stereocenters. The van der Waals surface area contributed by atoms with E-state index in [4.69, 9.17) is 4.74 Å². The molecule has 0 N–H and O–H groups in total. The molecule has 6 heteroatoms. The second-order valence-corrected chi connectivity index (χ2v) is 7.41. The van der Waals surface area contributed by atoms with Gasteiger partial charge < -0.3 is 9.53 Å². The summed E-state index contributed by atoms with van der Waals surface area (Å²) >= 11 is 0. The second kappa shape index (κ2) is 10.6. The zero-order valence-corrected chi connectivity index (χ0v) is 17.9. The first kappa shape index (κ1) is 21.6. The van der Waals surface area contributed by atoms with Gasteiger partial charge in [0.05, 0.1) is 0 Å². The van der Waals surface area contributed by atoms with E-state index in [-0.39, 0.29) is 5.78 Å². The minimum atomic E-state index is 0.231. The first-order chi connectivity index (χ1) is 14.5. The van der Waals surface area contributed by atoms with Crippen LogP contribution >= 0.6 is 0 Å². The molecule has 156 valence electrons. The van der Waals surface area contributed by atoms with Crippen molar-refractivity contribution >= 4 is 5.78 Å². The van der Waals surface area contributed by atoms with Gasteiger partial charge in [0.25, 0.3) is 0 Å². The van der Waals surface area contributed by atoms with Crippen molar-refractivity contribution in [1.29, 1.82) is 0 Å². The Bertz CT molecular complexity index is 970. The second-order valence-electron chi connectivity index (χ2n) is 7.41. The van der Waals surface area contributed by atoms with E-state index in [0.717, 1.165) is 54.9 Å². The number of Topliss-reactive ketones (excluding diaryl/α,β-unsaturated/α-hetero) is 1. The van der Waals surface area contributed by atoms with Gasteiger partial charge in [-0.2, -0.15) is 4.98 Å². The summed E-state index contributed by atoms with van der Waals surface area (Å²) in [6, 6.07) is 9.80. The Hall–Kier alpha value is -3.15. The number of carbonyl (C=O) groups excluding carboxylic acids is 1. The van der Waals surface area contributed by atoms with Crippen molar-refractivity contribution in [2.45, 2.75) is 59.3 Å². The third-order valence-corrected chi connectivity index (χ3v) is 4.78. The highest BCUT2D eigenvalue weighted by Gasteiger charge is 2.07. The molecule has 0 radical (unpaired) electrons. The Kier molecular flexibility index (Phi) is 7.60. The van der Waals surface area contributed by atoms with E-state index in [2.05, 4.69) is 26.9 Å². The van der Waals surface area contributed by atoms with Gasteiger partial charge in [0.2, 0.25) is 5.88 Å². The van der Waals surface area contributed by atoms with Gasteiger partial charge in [-0.15, -0.1) is 0 Å². The Morgan fingerprint density at radius 3 is 2.37 bits per heavy atom. The molecule has 0 amide bonds. The molecule has 0 saturated heterocycles. The number of nitrogens with zero attached hydrogens (tertiary/aromatic N) is 4. The number of ketones is 1. The minimum absolute atomic E-state index is 0.231. The van der Waals surface area contributed by atoms with Crippen LogP contribution in [0.5, 0.6) is 11.6 Å². The Labute approximate surface area is 177 Å². The van der Waals surface area contributed by atoms with Gasteiger partial charge in [0.1, 0.15) is 23.2 Å². The van der Waals surface area contributed by atoms with Crippen molar-refractivity contribution in [3.8, 4) is 11.6 Å². The van der Waals surface area contributed by atoms with E-state index in [1.807, 2.05) is 49.6 Å². The maximum Gasteiger partial charge on any atom is 0.222 e. The lowest BCUT2D eigenvalue weighted by atomic mass is 10.1. The van der Waals surface area contributed by atoms with Crippen molar-refractivity contribution in [3.63, 3.8) is 0 Å². The number of hydrogen-bond donors (Lipinski definition) is 0. The summed E-state index contributed by atoms with van der Waals surface area (Å²) in [7, 11) is 0. The Morgan fingerprint density at radius 2 is 1.70 bits per heavy atom. The topological polar surface area (TPSA) is 77.9 Å². The van der Waals surface area contributed by atoms with Crippen LogP contribution in [0.2, 0.25) is 0 Å². The highest BCUT2D eigenvalue weighted by molar-refractivity contribution is 5.75. The molecular weight excluding hydrogens is 376 g/mol. The molecule has 0 spiro atoms. The van der Waals surface area contributed by atoms with Gasteiger partial charge in [-0.05, 0) is 62.8 Å². The number of aromatic nitrogens is 4. The van der Waals surface area contributed by atoms with E-state index in [0.29, 0.717) is 18.1 Å². The van der Waals surface area contributed by atoms with Crippen LogP contribution in [0, 0.1) is 6.92 Å². The summed E-state index contributed by atoms with van der Waals surface area (Å²) in [5, 5.41) is 0. The van der Waals surface area contributed by atoms with E-state index in [9.17, 15) is 4.79 Å². The fraction of sp³-hybridized carbons (Fsp3) is 0.375. The highest BCUT2D eigenvalue weighted by atomic mass is 16.5. The molecule has 0 fully saturated rings. The lowest BCUT2D eigenvalue weighted by molar-refractivity contribution is -0.117. The predicted molar refractivity (Wildman–Crippen MR) is 116 cm³/mol. The number of aryl methyl sites for hydroxylation is 5. The number of hydrogen-bond acceptors (Lipinski definition) is 6. The summed E-state index contributed by atoms with van der Waals surface area (Å²) in [4.78, 5) is 28.8. The number of ether oxygens (including phenoxy) is 1. The molecule has 0 aliphatic heterocycles. The van der Waals surface area contributed by atoms with E-state index < -0.39 is 0 Å². The van der Waals surface area contributed by atoms with Crippen molar-refractivity contribution < 1.29 is 9.53 Å². The van der Waals surface area contributed by atoms with Crippen molar-refractivity contribution in [3.05, 3.63) is 71.2 Å². The molecule has 0 aliphatic carbocycles. The quantitative estimate of drug-likeness (QED) is 0.490. The third-order valence-electron chi connectivity index (χ3n) is 4.78. The molecule has 0 bridgehead atoms. The lowest BCUT2D eigenvalue weighted by Crippen LogP contribution is -2.03. The van der Waals surface area contributed by atoms with Gasteiger partial charge in [-0.1, -0.05) is 19.1 Å². The molecule has 0 aliphatic rings. The van der Waals surface area contributed by atoms with E-state index in [1.165, 1.54) is 5.56 Å². The van der Waals surface area contributed by atoms with Crippen LogP contribution in [0.4, 0.5) is 0 Å². The van der Waals surface area contributed by atoms with Crippen LogP contribution in [-0.4, -0.2) is 25.7 Å².